The molecule has 2 heterocycles. The molecule has 0 spiro atoms. The Morgan fingerprint density at radius 1 is 1.17 bits per heavy atom. The molecule has 1 aliphatic heterocycles. The summed E-state index contributed by atoms with van der Waals surface area (Å²) in [6.07, 6.45) is -11.4. The van der Waals surface area contributed by atoms with Crippen LogP contribution in [0.4, 0.5) is 32.2 Å². The molecule has 0 unspecified atom stereocenters. The minimum absolute atomic E-state index is 0.0262. The molecule has 0 aliphatic carbocycles. The van der Waals surface area contributed by atoms with Gasteiger partial charge in [-0.1, -0.05) is 13.8 Å². The van der Waals surface area contributed by atoms with Gasteiger partial charge < -0.3 is 9.64 Å². The first kappa shape index (κ1) is 17.8. The lowest BCUT2D eigenvalue weighted by Gasteiger charge is -2.34. The van der Waals surface area contributed by atoms with E-state index in [1.807, 2.05) is 0 Å². The van der Waals surface area contributed by atoms with Crippen molar-refractivity contribution in [1.82, 2.24) is 9.97 Å². The van der Waals surface area contributed by atoms with Gasteiger partial charge in [-0.2, -0.15) is 26.3 Å². The molecule has 1 aromatic rings. The number of hydrogen-bond acceptors (Lipinski definition) is 4. The molecule has 1 aliphatic rings. The van der Waals surface area contributed by atoms with Crippen molar-refractivity contribution in [2.24, 2.45) is 0 Å². The van der Waals surface area contributed by atoms with E-state index in [4.69, 9.17) is 0 Å². The van der Waals surface area contributed by atoms with Crippen LogP contribution in [0.2, 0.25) is 0 Å². The summed E-state index contributed by atoms with van der Waals surface area (Å²) in [5, 5.41) is 0. The quantitative estimate of drug-likeness (QED) is 0.772. The molecule has 130 valence electrons. The smallest absolute Gasteiger partial charge is 0.365 e. The number of rotatable bonds is 2. The molecule has 1 saturated heterocycles. The highest BCUT2D eigenvalue weighted by Crippen LogP contribution is 2.32. The van der Waals surface area contributed by atoms with Gasteiger partial charge in [0.05, 0.1) is 13.2 Å². The summed E-state index contributed by atoms with van der Waals surface area (Å²) in [6, 6.07) is 1.29. The van der Waals surface area contributed by atoms with E-state index in [-0.39, 0.29) is 30.6 Å². The van der Waals surface area contributed by atoms with Gasteiger partial charge in [-0.25, -0.2) is 9.97 Å². The monoisotopic (exact) mass is 343 g/mol. The van der Waals surface area contributed by atoms with Crippen LogP contribution in [0.25, 0.3) is 0 Å². The van der Waals surface area contributed by atoms with Crippen molar-refractivity contribution in [3.63, 3.8) is 0 Å². The standard InChI is InChI=1S/C13H15F6N3O/c1-7(2)8-5-10(21-11(20-8)13(17,18)19)22-3-4-23-9(6-22)12(14,15)16/h5,7,9H,3-4,6H2,1-2H3/t9-/m0/s1. The zero-order chi connectivity index (χ0) is 17.4. The predicted molar refractivity (Wildman–Crippen MR) is 69.1 cm³/mol. The Balaban J connectivity index is 2.36. The summed E-state index contributed by atoms with van der Waals surface area (Å²) in [6.45, 7) is 2.47. The predicted octanol–water partition coefficient (Wildman–Crippen LogP) is 3.39. The molecular formula is C13H15F6N3O. The van der Waals surface area contributed by atoms with Crippen LogP contribution in [0.1, 0.15) is 31.3 Å². The average Bonchev–Trinajstić information content (AvgIpc) is 2.45. The maximum Gasteiger partial charge on any atom is 0.451 e. The number of aromatic nitrogens is 2. The molecule has 10 heteroatoms. The van der Waals surface area contributed by atoms with Gasteiger partial charge in [-0.15, -0.1) is 0 Å². The molecule has 23 heavy (non-hydrogen) atoms. The zero-order valence-electron chi connectivity index (χ0n) is 12.4. The molecule has 0 bridgehead atoms. The van der Waals surface area contributed by atoms with Crippen molar-refractivity contribution in [3.05, 3.63) is 17.6 Å². The SMILES string of the molecule is CC(C)c1cc(N2CCO[C@H](C(F)(F)F)C2)nc(C(F)(F)F)n1. The summed E-state index contributed by atoms with van der Waals surface area (Å²) < 4.78 is 81.6. The lowest BCUT2D eigenvalue weighted by Crippen LogP contribution is -2.49. The lowest BCUT2D eigenvalue weighted by atomic mass is 10.1. The molecule has 4 nitrogen and oxygen atoms in total. The van der Waals surface area contributed by atoms with E-state index < -0.39 is 30.8 Å². The van der Waals surface area contributed by atoms with E-state index in [2.05, 4.69) is 14.7 Å². The fourth-order valence-electron chi connectivity index (χ4n) is 2.09. The number of hydrogen-bond donors (Lipinski definition) is 0. The number of alkyl halides is 6. The fourth-order valence-corrected chi connectivity index (χ4v) is 2.09. The second kappa shape index (κ2) is 6.14. The Bertz CT molecular complexity index is 558. The van der Waals surface area contributed by atoms with Crippen LogP contribution >= 0.6 is 0 Å². The van der Waals surface area contributed by atoms with Gasteiger partial charge in [0.25, 0.3) is 0 Å². The minimum atomic E-state index is -4.77. The molecule has 0 amide bonds. The van der Waals surface area contributed by atoms with Crippen LogP contribution in [0, 0.1) is 0 Å². The van der Waals surface area contributed by atoms with Crippen molar-refractivity contribution >= 4 is 5.82 Å². The van der Waals surface area contributed by atoms with Gasteiger partial charge in [0, 0.05) is 18.3 Å². The fraction of sp³-hybridized carbons (Fsp3) is 0.692. The summed E-state index contributed by atoms with van der Waals surface area (Å²) in [5.41, 5.74) is 0.123. The molecule has 0 radical (unpaired) electrons. The molecule has 2 rings (SSSR count). The van der Waals surface area contributed by atoms with Gasteiger partial charge in [0.15, 0.2) is 6.10 Å². The first-order valence-corrected chi connectivity index (χ1v) is 6.88. The van der Waals surface area contributed by atoms with Gasteiger partial charge >= 0.3 is 12.4 Å². The van der Waals surface area contributed by atoms with E-state index >= 15 is 0 Å². The van der Waals surface area contributed by atoms with E-state index in [1.165, 1.54) is 6.07 Å². The molecule has 0 saturated carbocycles. The van der Waals surface area contributed by atoms with Crippen molar-refractivity contribution in [1.29, 1.82) is 0 Å². The largest absolute Gasteiger partial charge is 0.451 e. The van der Waals surface area contributed by atoms with E-state index in [0.29, 0.717) is 0 Å². The van der Waals surface area contributed by atoms with Crippen molar-refractivity contribution < 1.29 is 31.1 Å². The Hall–Kier alpha value is -1.58. The molecular weight excluding hydrogens is 328 g/mol. The maximum atomic E-state index is 12.9. The first-order chi connectivity index (χ1) is 10.5. The molecule has 1 atom stereocenters. The summed E-state index contributed by atoms with van der Waals surface area (Å²) in [5.74, 6) is -1.85. The van der Waals surface area contributed by atoms with Crippen molar-refractivity contribution in [3.8, 4) is 0 Å². The van der Waals surface area contributed by atoms with E-state index in [1.54, 1.807) is 13.8 Å². The molecule has 0 N–H and O–H groups in total. The minimum Gasteiger partial charge on any atom is -0.365 e. The maximum absolute atomic E-state index is 12.9. The van der Waals surface area contributed by atoms with Crippen LogP contribution in [-0.2, 0) is 10.9 Å². The van der Waals surface area contributed by atoms with E-state index in [9.17, 15) is 26.3 Å². The number of ether oxygens (including phenoxy) is 1. The number of anilines is 1. The molecule has 1 aromatic heterocycles. The summed E-state index contributed by atoms with van der Waals surface area (Å²) in [7, 11) is 0. The number of nitrogens with zero attached hydrogens (tertiary/aromatic N) is 3. The second-order valence-corrected chi connectivity index (χ2v) is 5.47. The summed E-state index contributed by atoms with van der Waals surface area (Å²) >= 11 is 0. The van der Waals surface area contributed by atoms with Gasteiger partial charge in [-0.05, 0) is 5.92 Å². The normalized spacial score (nSPS) is 20.2. The Kier molecular flexibility index (Phi) is 4.74. The van der Waals surface area contributed by atoms with Gasteiger partial charge in [-0.3, -0.25) is 0 Å². The highest BCUT2D eigenvalue weighted by atomic mass is 19.4. The highest BCUT2D eigenvalue weighted by molar-refractivity contribution is 5.41. The van der Waals surface area contributed by atoms with Gasteiger partial charge in [0.1, 0.15) is 5.82 Å². The van der Waals surface area contributed by atoms with Crippen LogP contribution in [0.5, 0.6) is 0 Å². The first-order valence-electron chi connectivity index (χ1n) is 6.88. The third kappa shape index (κ3) is 4.24. The summed E-state index contributed by atoms with van der Waals surface area (Å²) in [4.78, 5) is 7.99. The molecule has 1 fully saturated rings. The van der Waals surface area contributed by atoms with Crippen LogP contribution < -0.4 is 4.90 Å². The topological polar surface area (TPSA) is 38.2 Å². The second-order valence-electron chi connectivity index (χ2n) is 5.47. The van der Waals surface area contributed by atoms with Crippen LogP contribution in [-0.4, -0.2) is 41.9 Å². The number of morpholine rings is 1. The third-order valence-electron chi connectivity index (χ3n) is 3.33. The number of halogens is 6. The lowest BCUT2D eigenvalue weighted by molar-refractivity contribution is -0.221. The Morgan fingerprint density at radius 3 is 2.35 bits per heavy atom. The third-order valence-corrected chi connectivity index (χ3v) is 3.33. The Morgan fingerprint density at radius 2 is 1.83 bits per heavy atom. The van der Waals surface area contributed by atoms with E-state index in [0.717, 1.165) is 4.90 Å². The Labute approximate surface area is 128 Å². The average molecular weight is 343 g/mol. The van der Waals surface area contributed by atoms with Crippen molar-refractivity contribution in [2.45, 2.75) is 38.2 Å². The van der Waals surface area contributed by atoms with Crippen molar-refractivity contribution in [2.75, 3.05) is 24.6 Å². The van der Waals surface area contributed by atoms with Gasteiger partial charge in [0.2, 0.25) is 5.82 Å². The molecule has 0 aromatic carbocycles. The zero-order valence-corrected chi connectivity index (χ0v) is 12.4. The van der Waals surface area contributed by atoms with Crippen LogP contribution in [0.15, 0.2) is 6.07 Å². The highest BCUT2D eigenvalue weighted by Gasteiger charge is 2.44. The van der Waals surface area contributed by atoms with Crippen LogP contribution in [0.3, 0.4) is 0 Å².